The molecular formula is C22H14F4N2O5S. The molecule has 2 aromatic heterocycles. The van der Waals surface area contributed by atoms with Gasteiger partial charge in [-0.25, -0.2) is 9.37 Å². The molecule has 0 atom stereocenters. The van der Waals surface area contributed by atoms with E-state index in [-0.39, 0.29) is 12.2 Å². The first-order chi connectivity index (χ1) is 16.1. The molecule has 0 aliphatic carbocycles. The van der Waals surface area contributed by atoms with Gasteiger partial charge >= 0.3 is 15.6 Å². The van der Waals surface area contributed by atoms with Gasteiger partial charge in [-0.15, -0.1) is 4.73 Å². The summed E-state index contributed by atoms with van der Waals surface area (Å²) < 4.78 is 82.1. The number of nitrogens with zero attached hydrogens (tertiary/aromatic N) is 2. The van der Waals surface area contributed by atoms with E-state index in [1.807, 2.05) is 0 Å². The van der Waals surface area contributed by atoms with Crippen molar-refractivity contribution in [1.29, 1.82) is 0 Å². The quantitative estimate of drug-likeness (QED) is 0.228. The lowest BCUT2D eigenvalue weighted by Gasteiger charge is -2.18. The van der Waals surface area contributed by atoms with E-state index < -0.39 is 49.3 Å². The monoisotopic (exact) mass is 494 g/mol. The van der Waals surface area contributed by atoms with Crippen LogP contribution < -0.4 is 14.6 Å². The summed E-state index contributed by atoms with van der Waals surface area (Å²) in [5, 5.41) is -0.515. The van der Waals surface area contributed by atoms with Crippen LogP contribution in [0.3, 0.4) is 0 Å². The van der Waals surface area contributed by atoms with Gasteiger partial charge < -0.3 is 9.02 Å². The van der Waals surface area contributed by atoms with Gasteiger partial charge in [-0.2, -0.15) is 21.6 Å². The Morgan fingerprint density at radius 2 is 1.59 bits per heavy atom. The molecule has 12 heteroatoms. The number of hydrogen-bond donors (Lipinski definition) is 0. The number of pyridine rings is 2. The van der Waals surface area contributed by atoms with Crippen LogP contribution in [0.1, 0.15) is 5.56 Å². The molecule has 0 fully saturated rings. The van der Waals surface area contributed by atoms with Crippen LogP contribution >= 0.6 is 0 Å². The fourth-order valence-electron chi connectivity index (χ4n) is 3.13. The van der Waals surface area contributed by atoms with Crippen LogP contribution in [0.2, 0.25) is 0 Å². The molecule has 4 rings (SSSR count). The minimum Gasteiger partial charge on any atom is -0.404 e. The third-order valence-corrected chi connectivity index (χ3v) is 5.59. The van der Waals surface area contributed by atoms with Gasteiger partial charge in [0.1, 0.15) is 12.4 Å². The Morgan fingerprint density at radius 1 is 0.971 bits per heavy atom. The first-order valence-corrected chi connectivity index (χ1v) is 11.0. The van der Waals surface area contributed by atoms with E-state index in [1.54, 1.807) is 36.4 Å². The van der Waals surface area contributed by atoms with E-state index in [9.17, 15) is 30.8 Å². The third kappa shape index (κ3) is 4.44. The molecule has 0 saturated carbocycles. The minimum atomic E-state index is -6.21. The highest BCUT2D eigenvalue weighted by molar-refractivity contribution is 7.88. The molecule has 0 radical (unpaired) electrons. The van der Waals surface area contributed by atoms with Crippen molar-refractivity contribution in [1.82, 2.24) is 9.71 Å². The van der Waals surface area contributed by atoms with Crippen LogP contribution in [0.25, 0.3) is 22.2 Å². The minimum absolute atomic E-state index is 0.0168. The van der Waals surface area contributed by atoms with Gasteiger partial charge in [0, 0.05) is 0 Å². The summed E-state index contributed by atoms with van der Waals surface area (Å²) in [4.78, 5) is 22.7. The molecule has 0 aliphatic rings. The molecule has 0 amide bonds. The maximum Gasteiger partial charge on any atom is 0.534 e. The Morgan fingerprint density at radius 3 is 2.21 bits per heavy atom. The fraction of sp³-hybridized carbons (Fsp3) is 0.0909. The molecule has 0 N–H and O–H groups in total. The lowest BCUT2D eigenvalue weighted by Crippen LogP contribution is -2.32. The number of aromatic nitrogens is 2. The van der Waals surface area contributed by atoms with Crippen molar-refractivity contribution in [3.05, 3.63) is 94.7 Å². The van der Waals surface area contributed by atoms with Crippen molar-refractivity contribution in [2.75, 3.05) is 0 Å². The van der Waals surface area contributed by atoms with Crippen LogP contribution in [0.4, 0.5) is 17.6 Å². The van der Waals surface area contributed by atoms with Gasteiger partial charge in [0.15, 0.2) is 11.4 Å². The van der Waals surface area contributed by atoms with Crippen LogP contribution in [0, 0.1) is 5.82 Å². The van der Waals surface area contributed by atoms with E-state index in [0.717, 1.165) is 0 Å². The Kier molecular flexibility index (Phi) is 6.00. The molecule has 7 nitrogen and oxygen atoms in total. The summed E-state index contributed by atoms with van der Waals surface area (Å²) in [5.41, 5.74) is -7.21. The zero-order valence-corrected chi connectivity index (χ0v) is 17.8. The highest BCUT2D eigenvalue weighted by Crippen LogP contribution is 2.37. The third-order valence-electron chi connectivity index (χ3n) is 4.64. The first kappa shape index (κ1) is 23.2. The van der Waals surface area contributed by atoms with Gasteiger partial charge in [-0.05, 0) is 17.2 Å². The summed E-state index contributed by atoms with van der Waals surface area (Å²) in [7, 11) is -6.21. The second-order valence-corrected chi connectivity index (χ2v) is 8.47. The lowest BCUT2D eigenvalue weighted by atomic mass is 10.0. The van der Waals surface area contributed by atoms with Gasteiger partial charge in [0.2, 0.25) is 0 Å². The second kappa shape index (κ2) is 8.78. The molecule has 0 bridgehead atoms. The van der Waals surface area contributed by atoms with E-state index >= 15 is 0 Å². The number of fused-ring (bicyclic) bond motifs is 1. The molecule has 0 unspecified atom stereocenters. The maximum absolute atomic E-state index is 14.1. The van der Waals surface area contributed by atoms with E-state index in [2.05, 4.69) is 9.17 Å². The number of halogens is 4. The van der Waals surface area contributed by atoms with Crippen LogP contribution in [-0.4, -0.2) is 23.6 Å². The second-order valence-electron chi connectivity index (χ2n) is 6.94. The lowest BCUT2D eigenvalue weighted by molar-refractivity contribution is -0.0499. The molecule has 34 heavy (non-hydrogen) atoms. The average molecular weight is 494 g/mol. The van der Waals surface area contributed by atoms with Crippen LogP contribution in [0.15, 0.2) is 77.7 Å². The summed E-state index contributed by atoms with van der Waals surface area (Å²) >= 11 is 0. The smallest absolute Gasteiger partial charge is 0.404 e. The molecule has 2 heterocycles. The molecule has 2 aromatic carbocycles. The largest absolute Gasteiger partial charge is 0.534 e. The van der Waals surface area contributed by atoms with Crippen molar-refractivity contribution < 1.29 is 35.0 Å². The predicted molar refractivity (Wildman–Crippen MR) is 114 cm³/mol. The van der Waals surface area contributed by atoms with Gasteiger partial charge in [0.05, 0.1) is 17.1 Å². The van der Waals surface area contributed by atoms with Crippen molar-refractivity contribution in [2.24, 2.45) is 0 Å². The fourth-order valence-corrected chi connectivity index (χ4v) is 3.61. The van der Waals surface area contributed by atoms with Gasteiger partial charge in [-0.3, -0.25) is 4.79 Å². The summed E-state index contributed by atoms with van der Waals surface area (Å²) in [5.74, 6) is -2.02. The Bertz CT molecular complexity index is 1510. The SMILES string of the molecule is O=c1c(-c2ccccc2)c(OS(=O)(=O)C(F)(F)F)c2cc(F)cnc2n1OCc1ccccc1. The van der Waals surface area contributed by atoms with Crippen LogP contribution in [-0.2, 0) is 16.7 Å². The van der Waals surface area contributed by atoms with Gasteiger partial charge in [-0.1, -0.05) is 60.7 Å². The highest BCUT2D eigenvalue weighted by Gasteiger charge is 2.49. The number of hydrogen-bond acceptors (Lipinski definition) is 6. The zero-order chi connectivity index (χ0) is 24.5. The summed E-state index contributed by atoms with van der Waals surface area (Å²) in [6.45, 7) is -0.149. The molecule has 4 aromatic rings. The Labute approximate surface area is 189 Å². The van der Waals surface area contributed by atoms with Crippen molar-refractivity contribution in [3.8, 4) is 16.9 Å². The molecule has 0 aliphatic heterocycles. The number of alkyl halides is 3. The van der Waals surface area contributed by atoms with Crippen molar-refractivity contribution >= 4 is 21.2 Å². The maximum atomic E-state index is 14.1. The normalized spacial score (nSPS) is 12.0. The Balaban J connectivity index is 2.01. The predicted octanol–water partition coefficient (Wildman–Crippen LogP) is 4.06. The first-order valence-electron chi connectivity index (χ1n) is 9.56. The average Bonchev–Trinajstić information content (AvgIpc) is 2.79. The van der Waals surface area contributed by atoms with Crippen molar-refractivity contribution in [3.63, 3.8) is 0 Å². The molecule has 176 valence electrons. The molecular weight excluding hydrogens is 480 g/mol. The van der Waals surface area contributed by atoms with E-state index in [4.69, 9.17) is 4.84 Å². The summed E-state index contributed by atoms with van der Waals surface area (Å²) in [6, 6.07) is 16.5. The summed E-state index contributed by atoms with van der Waals surface area (Å²) in [6.07, 6.45) is 0.703. The van der Waals surface area contributed by atoms with E-state index in [0.29, 0.717) is 22.6 Å². The van der Waals surface area contributed by atoms with E-state index in [1.165, 1.54) is 24.3 Å². The van der Waals surface area contributed by atoms with Gasteiger partial charge in [0.25, 0.3) is 5.56 Å². The highest BCUT2D eigenvalue weighted by atomic mass is 32.2. The van der Waals surface area contributed by atoms with Crippen molar-refractivity contribution in [2.45, 2.75) is 12.1 Å². The standard InChI is InChI=1S/C22H14F4N2O5S/c23-16-11-17-19(33-34(30,31)22(24,25)26)18(15-9-5-2-6-10-15)21(29)28(20(17)27-12-16)32-13-14-7-3-1-4-8-14/h1-12H,13H2. The molecule has 0 saturated heterocycles. The number of benzene rings is 2. The topological polar surface area (TPSA) is 87.5 Å². The molecule has 0 spiro atoms. The number of rotatable bonds is 6. The Hall–Kier alpha value is -3.93. The zero-order valence-electron chi connectivity index (χ0n) is 17.0. The van der Waals surface area contributed by atoms with Crippen LogP contribution in [0.5, 0.6) is 5.75 Å².